The number of aromatic nitrogens is 4. The molecule has 45 heavy (non-hydrogen) atoms. The summed E-state index contributed by atoms with van der Waals surface area (Å²) < 4.78 is 28.5. The minimum Gasteiger partial charge on any atom is -0.489 e. The summed E-state index contributed by atoms with van der Waals surface area (Å²) in [6.07, 6.45) is 1.12. The third-order valence-corrected chi connectivity index (χ3v) is 8.19. The zero-order valence-corrected chi connectivity index (χ0v) is 26.4. The molecule has 13 heteroatoms. The van der Waals surface area contributed by atoms with E-state index in [1.54, 1.807) is 56.1 Å². The Bertz CT molecular complexity index is 1870. The molecule has 2 aliphatic rings. The Balaban J connectivity index is 1.62. The van der Waals surface area contributed by atoms with Crippen LogP contribution in [0.2, 0.25) is 5.02 Å². The normalized spacial score (nSPS) is 16.4. The number of carbonyl (C=O) groups excluding carboxylic acids is 1. The predicted molar refractivity (Wildman–Crippen MR) is 168 cm³/mol. The van der Waals surface area contributed by atoms with Crippen molar-refractivity contribution in [3.8, 4) is 22.7 Å². The van der Waals surface area contributed by atoms with Gasteiger partial charge in [-0.05, 0) is 44.9 Å². The highest BCUT2D eigenvalue weighted by Gasteiger charge is 2.38. The number of hydrogen-bond donors (Lipinski definition) is 1. The molecule has 0 spiro atoms. The number of rotatable bonds is 4. The van der Waals surface area contributed by atoms with Gasteiger partial charge in [0.15, 0.2) is 11.4 Å². The molecule has 0 saturated carbocycles. The van der Waals surface area contributed by atoms with Crippen molar-refractivity contribution in [3.63, 3.8) is 0 Å². The summed E-state index contributed by atoms with van der Waals surface area (Å²) in [7, 11) is 0. The first-order chi connectivity index (χ1) is 21.4. The molecule has 0 bridgehead atoms. The van der Waals surface area contributed by atoms with Crippen LogP contribution in [0.3, 0.4) is 0 Å². The number of pyridine rings is 2. The highest BCUT2D eigenvalue weighted by atomic mass is 35.5. The fourth-order valence-electron chi connectivity index (χ4n) is 5.83. The van der Waals surface area contributed by atoms with E-state index < -0.39 is 29.2 Å². The number of fused-ring (bicyclic) bond motifs is 2. The number of aliphatic hydroxyl groups excluding tert-OH is 1. The van der Waals surface area contributed by atoms with Gasteiger partial charge in [0.25, 0.3) is 0 Å². The van der Waals surface area contributed by atoms with Gasteiger partial charge in [0, 0.05) is 37.0 Å². The maximum atomic E-state index is 15.2. The van der Waals surface area contributed by atoms with Gasteiger partial charge in [0.1, 0.15) is 34.3 Å². The van der Waals surface area contributed by atoms with Crippen molar-refractivity contribution in [1.82, 2.24) is 24.4 Å². The number of aliphatic hydroxyl groups is 1. The average molecular weight is 637 g/mol. The zero-order valence-electron chi connectivity index (χ0n) is 25.7. The second-order valence-electron chi connectivity index (χ2n) is 12.4. The number of hydrogen-bond acceptors (Lipinski definition) is 9. The van der Waals surface area contributed by atoms with E-state index in [-0.39, 0.29) is 53.4 Å². The quantitative estimate of drug-likeness (QED) is 0.327. The summed E-state index contributed by atoms with van der Waals surface area (Å²) >= 11 is 6.98. The van der Waals surface area contributed by atoms with E-state index in [1.165, 1.54) is 10.6 Å². The van der Waals surface area contributed by atoms with Crippen molar-refractivity contribution >= 4 is 34.5 Å². The van der Waals surface area contributed by atoms with Crippen molar-refractivity contribution in [2.24, 2.45) is 0 Å². The van der Waals surface area contributed by atoms with E-state index in [0.29, 0.717) is 41.2 Å². The molecular weight excluding hydrogens is 603 g/mol. The Morgan fingerprint density at radius 3 is 2.64 bits per heavy atom. The summed E-state index contributed by atoms with van der Waals surface area (Å²) in [5.74, 6) is -0.207. The largest absolute Gasteiger partial charge is 0.489 e. The smallest absolute Gasteiger partial charge is 0.410 e. The highest BCUT2D eigenvalue weighted by molar-refractivity contribution is 6.36. The number of piperazine rings is 1. The van der Waals surface area contributed by atoms with Crippen LogP contribution < -0.4 is 15.3 Å². The summed E-state index contributed by atoms with van der Waals surface area (Å²) in [4.78, 5) is 44.6. The second kappa shape index (κ2) is 11.6. The van der Waals surface area contributed by atoms with Gasteiger partial charge in [0.2, 0.25) is 0 Å². The maximum absolute atomic E-state index is 15.2. The van der Waals surface area contributed by atoms with E-state index >= 15 is 4.39 Å². The molecule has 1 amide bonds. The molecule has 4 aromatic rings. The van der Waals surface area contributed by atoms with Crippen molar-refractivity contribution in [2.45, 2.75) is 58.8 Å². The lowest BCUT2D eigenvalue weighted by atomic mass is 10.0. The van der Waals surface area contributed by atoms with Crippen molar-refractivity contribution in [2.75, 3.05) is 31.1 Å². The number of benzene rings is 1. The second-order valence-corrected chi connectivity index (χ2v) is 12.8. The number of nitrogens with zero attached hydrogens (tertiary/aromatic N) is 6. The fraction of sp³-hybridized carbons (Fsp3) is 0.406. The molecule has 1 atom stereocenters. The van der Waals surface area contributed by atoms with Crippen molar-refractivity contribution in [3.05, 3.63) is 69.1 Å². The average Bonchev–Trinajstić information content (AvgIpc) is 3.15. The van der Waals surface area contributed by atoms with Crippen molar-refractivity contribution in [1.29, 1.82) is 0 Å². The van der Waals surface area contributed by atoms with Crippen molar-refractivity contribution < 1.29 is 23.8 Å². The van der Waals surface area contributed by atoms with E-state index in [4.69, 9.17) is 26.1 Å². The van der Waals surface area contributed by atoms with Gasteiger partial charge in [-0.2, -0.15) is 4.98 Å². The monoisotopic (exact) mass is 636 g/mol. The highest BCUT2D eigenvalue weighted by Crippen LogP contribution is 2.45. The third kappa shape index (κ3) is 5.46. The molecule has 11 nitrogen and oxygen atoms in total. The molecule has 236 valence electrons. The maximum Gasteiger partial charge on any atom is 0.410 e. The SMILES string of the molecule is CC(C)c1nccc(CO)c1-n1c(=O)nc2c3c(c(Cl)c(-c4ccccc4F)nc31)OC[C@H]1CN(C(=O)OC(C)(C)C)CCN21. The van der Waals surface area contributed by atoms with E-state index in [2.05, 4.69) is 9.97 Å². The number of carbonyl (C=O) groups is 1. The fourth-order valence-corrected chi connectivity index (χ4v) is 6.12. The van der Waals surface area contributed by atoms with Crippen LogP contribution >= 0.6 is 11.6 Å². The Morgan fingerprint density at radius 1 is 1.20 bits per heavy atom. The standard InChI is InChI=1S/C32H34ClFN6O5/c1-17(2)24-26(18(15-41)10-11-35-24)40-29-22-27(23(33)25(36-29)20-8-6-7-9-21(20)34)44-16-19-14-38(31(43)45-32(3,4)5)12-13-39(19)28(22)37-30(40)42/h6-11,17,19,41H,12-16H2,1-5H3/t19-/m1/s1. The lowest BCUT2D eigenvalue weighted by Crippen LogP contribution is -2.57. The van der Waals surface area contributed by atoms with Gasteiger partial charge in [-0.1, -0.05) is 37.6 Å². The number of halogens is 2. The first-order valence-electron chi connectivity index (χ1n) is 14.8. The van der Waals surface area contributed by atoms with Crippen LogP contribution in [0, 0.1) is 5.82 Å². The summed E-state index contributed by atoms with van der Waals surface area (Å²) in [6, 6.07) is 7.29. The number of ether oxygens (including phenoxy) is 2. The molecule has 1 fully saturated rings. The lowest BCUT2D eigenvalue weighted by molar-refractivity contribution is 0.0202. The molecule has 0 radical (unpaired) electrons. The Hall–Kier alpha value is -4.29. The Kier molecular flexibility index (Phi) is 7.90. The first kappa shape index (κ1) is 30.7. The number of anilines is 1. The van der Waals surface area contributed by atoms with Gasteiger partial charge in [-0.3, -0.25) is 4.98 Å². The van der Waals surface area contributed by atoms with Crippen LogP contribution in [0.5, 0.6) is 5.75 Å². The van der Waals surface area contributed by atoms with Crippen LogP contribution in [-0.4, -0.2) is 73.5 Å². The molecule has 3 aromatic heterocycles. The minimum atomic E-state index is -0.669. The summed E-state index contributed by atoms with van der Waals surface area (Å²) in [6.45, 7) is 9.87. The van der Waals surface area contributed by atoms with Gasteiger partial charge in [-0.25, -0.2) is 23.5 Å². The molecule has 6 rings (SSSR count). The van der Waals surface area contributed by atoms with E-state index in [1.807, 2.05) is 18.7 Å². The molecule has 1 N–H and O–H groups in total. The van der Waals surface area contributed by atoms with Gasteiger partial charge in [0.05, 0.1) is 29.7 Å². The Labute approximate surface area is 264 Å². The predicted octanol–water partition coefficient (Wildman–Crippen LogP) is 5.07. The first-order valence-corrected chi connectivity index (χ1v) is 15.1. The Morgan fingerprint density at radius 2 is 1.96 bits per heavy atom. The lowest BCUT2D eigenvalue weighted by Gasteiger charge is -2.41. The molecule has 0 aliphatic carbocycles. The third-order valence-electron chi connectivity index (χ3n) is 7.84. The van der Waals surface area contributed by atoms with Gasteiger partial charge >= 0.3 is 11.8 Å². The molecular formula is C32H34ClFN6O5. The zero-order chi connectivity index (χ0) is 32.2. The van der Waals surface area contributed by atoms with Crippen LogP contribution in [0.1, 0.15) is 51.8 Å². The number of amides is 1. The summed E-state index contributed by atoms with van der Waals surface area (Å²) in [5, 5.41) is 10.8. The molecule has 2 aliphatic heterocycles. The minimum absolute atomic E-state index is 0.0577. The summed E-state index contributed by atoms with van der Waals surface area (Å²) in [5.41, 5.74) is 0.326. The van der Waals surface area contributed by atoms with Gasteiger partial charge < -0.3 is 24.4 Å². The topological polar surface area (TPSA) is 123 Å². The van der Waals surface area contributed by atoms with Crippen LogP contribution in [-0.2, 0) is 11.3 Å². The van der Waals surface area contributed by atoms with Crippen LogP contribution in [0.25, 0.3) is 28.0 Å². The molecule has 1 saturated heterocycles. The van der Waals surface area contributed by atoms with E-state index in [9.17, 15) is 14.7 Å². The van der Waals surface area contributed by atoms with Crippen LogP contribution in [0.15, 0.2) is 41.3 Å². The molecule has 0 unspecified atom stereocenters. The molecule has 5 heterocycles. The van der Waals surface area contributed by atoms with Gasteiger partial charge in [-0.15, -0.1) is 0 Å². The van der Waals surface area contributed by atoms with E-state index in [0.717, 1.165) is 0 Å². The molecule has 1 aromatic carbocycles. The van der Waals surface area contributed by atoms with Crippen LogP contribution in [0.4, 0.5) is 15.0 Å².